The van der Waals surface area contributed by atoms with Crippen LogP contribution in [0.5, 0.6) is 0 Å². The van der Waals surface area contributed by atoms with E-state index >= 15 is 0 Å². The van der Waals surface area contributed by atoms with Crippen LogP contribution in [-0.4, -0.2) is 5.91 Å². The van der Waals surface area contributed by atoms with Crippen LogP contribution in [0.15, 0.2) is 24.3 Å². The fraction of sp³-hybridized carbons (Fsp3) is 0.417. The normalized spacial score (nSPS) is 17.4. The smallest absolute Gasteiger partial charge is 0.219 e. The maximum Gasteiger partial charge on any atom is 0.219 e. The molecule has 4 N–H and O–H groups in total. The molecule has 1 amide bonds. The van der Waals surface area contributed by atoms with Crippen molar-refractivity contribution in [1.82, 2.24) is 0 Å². The first-order valence-electron chi connectivity index (χ1n) is 5.31. The third kappa shape index (κ3) is 2.36. The van der Waals surface area contributed by atoms with Crippen LogP contribution in [-0.2, 0) is 4.79 Å². The summed E-state index contributed by atoms with van der Waals surface area (Å²) in [6, 6.07) is 7.84. The van der Waals surface area contributed by atoms with Gasteiger partial charge in [0, 0.05) is 12.5 Å². The van der Waals surface area contributed by atoms with Crippen LogP contribution in [0.3, 0.4) is 0 Å². The number of amides is 1. The number of primary amides is 1. The van der Waals surface area contributed by atoms with Crippen LogP contribution in [0.25, 0.3) is 0 Å². The number of rotatable bonds is 4. The lowest BCUT2D eigenvalue weighted by Gasteiger charge is -2.14. The third-order valence-electron chi connectivity index (χ3n) is 2.83. The maximum atomic E-state index is 10.8. The molecular formula is C12H16N2O. The van der Waals surface area contributed by atoms with E-state index in [-0.39, 0.29) is 18.4 Å². The van der Waals surface area contributed by atoms with E-state index < -0.39 is 0 Å². The highest BCUT2D eigenvalue weighted by molar-refractivity contribution is 5.74. The summed E-state index contributed by atoms with van der Waals surface area (Å²) in [6.45, 7) is 0. The molecule has 0 aromatic heterocycles. The van der Waals surface area contributed by atoms with Gasteiger partial charge in [0.2, 0.25) is 5.91 Å². The van der Waals surface area contributed by atoms with Crippen LogP contribution < -0.4 is 11.5 Å². The van der Waals surface area contributed by atoms with E-state index in [1.807, 2.05) is 18.2 Å². The van der Waals surface area contributed by atoms with Crippen molar-refractivity contribution in [3.8, 4) is 0 Å². The fourth-order valence-corrected chi connectivity index (χ4v) is 1.94. The highest BCUT2D eigenvalue weighted by Crippen LogP contribution is 2.42. The zero-order valence-corrected chi connectivity index (χ0v) is 8.65. The first-order chi connectivity index (χ1) is 7.18. The summed E-state index contributed by atoms with van der Waals surface area (Å²) in [5.74, 6) is 0.313. The van der Waals surface area contributed by atoms with Gasteiger partial charge in [0.25, 0.3) is 0 Å². The molecule has 0 radical (unpaired) electrons. The Kier molecular flexibility index (Phi) is 2.73. The minimum absolute atomic E-state index is 0.226. The van der Waals surface area contributed by atoms with E-state index in [0.717, 1.165) is 5.56 Å². The molecule has 1 saturated carbocycles. The second-order valence-corrected chi connectivity index (χ2v) is 4.18. The van der Waals surface area contributed by atoms with Gasteiger partial charge in [-0.05, 0) is 29.9 Å². The van der Waals surface area contributed by atoms with Gasteiger partial charge in [-0.2, -0.15) is 0 Å². The van der Waals surface area contributed by atoms with E-state index in [1.165, 1.54) is 18.4 Å². The quantitative estimate of drug-likeness (QED) is 0.779. The van der Waals surface area contributed by atoms with Gasteiger partial charge < -0.3 is 11.5 Å². The molecule has 2 rings (SSSR count). The summed E-state index contributed by atoms with van der Waals surface area (Å²) in [6.07, 6.45) is 2.70. The van der Waals surface area contributed by atoms with Crippen molar-refractivity contribution in [2.24, 2.45) is 11.5 Å². The number of carbonyl (C=O) groups excluding carboxylic acids is 1. The van der Waals surface area contributed by atoms with Gasteiger partial charge in [-0.1, -0.05) is 24.3 Å². The van der Waals surface area contributed by atoms with Crippen molar-refractivity contribution < 1.29 is 4.79 Å². The van der Waals surface area contributed by atoms with E-state index in [1.54, 1.807) is 0 Å². The Morgan fingerprint density at radius 1 is 1.40 bits per heavy atom. The average molecular weight is 204 g/mol. The van der Waals surface area contributed by atoms with Gasteiger partial charge in [0.05, 0.1) is 0 Å². The molecule has 80 valence electrons. The monoisotopic (exact) mass is 204 g/mol. The zero-order chi connectivity index (χ0) is 10.8. The molecule has 0 saturated heterocycles. The van der Waals surface area contributed by atoms with E-state index in [2.05, 4.69) is 6.07 Å². The van der Waals surface area contributed by atoms with Crippen LogP contribution in [0.1, 0.15) is 42.3 Å². The van der Waals surface area contributed by atoms with Crippen LogP contribution in [0.2, 0.25) is 0 Å². The number of benzene rings is 1. The number of hydrogen-bond donors (Lipinski definition) is 2. The molecule has 1 atom stereocenters. The first kappa shape index (κ1) is 10.2. The Morgan fingerprint density at radius 2 is 2.07 bits per heavy atom. The Labute approximate surface area is 89.5 Å². The zero-order valence-electron chi connectivity index (χ0n) is 8.65. The average Bonchev–Trinajstić information content (AvgIpc) is 3.00. The predicted octanol–water partition coefficient (Wildman–Crippen LogP) is 1.44. The minimum Gasteiger partial charge on any atom is -0.370 e. The summed E-state index contributed by atoms with van der Waals surface area (Å²) < 4.78 is 0. The maximum absolute atomic E-state index is 10.8. The van der Waals surface area contributed by atoms with E-state index in [4.69, 9.17) is 11.5 Å². The number of nitrogens with two attached hydrogens (primary N) is 2. The van der Waals surface area contributed by atoms with Crippen molar-refractivity contribution in [1.29, 1.82) is 0 Å². The van der Waals surface area contributed by atoms with Crippen molar-refractivity contribution >= 4 is 5.91 Å². The lowest BCUT2D eigenvalue weighted by Crippen LogP contribution is -2.21. The second kappa shape index (κ2) is 4.03. The number of hydrogen-bond acceptors (Lipinski definition) is 2. The van der Waals surface area contributed by atoms with Gasteiger partial charge in [-0.15, -0.1) is 0 Å². The highest BCUT2D eigenvalue weighted by Gasteiger charge is 2.27. The minimum atomic E-state index is -0.340. The SMILES string of the molecule is NC(=O)CC(N)c1ccccc1C1CC1. The second-order valence-electron chi connectivity index (χ2n) is 4.18. The molecule has 15 heavy (non-hydrogen) atoms. The molecule has 0 bridgehead atoms. The Balaban J connectivity index is 2.21. The van der Waals surface area contributed by atoms with Gasteiger partial charge in [-0.3, -0.25) is 4.79 Å². The summed E-state index contributed by atoms with van der Waals surface area (Å²) in [7, 11) is 0. The highest BCUT2D eigenvalue weighted by atomic mass is 16.1. The molecule has 0 aliphatic heterocycles. The van der Waals surface area contributed by atoms with Crippen LogP contribution in [0.4, 0.5) is 0 Å². The lowest BCUT2D eigenvalue weighted by atomic mass is 9.96. The summed E-state index contributed by atoms with van der Waals surface area (Å²) in [4.78, 5) is 10.8. The van der Waals surface area contributed by atoms with Crippen molar-refractivity contribution in [3.63, 3.8) is 0 Å². The summed E-state index contributed by atoms with van der Waals surface area (Å²) in [5.41, 5.74) is 13.5. The van der Waals surface area contributed by atoms with Gasteiger partial charge in [0.1, 0.15) is 0 Å². The largest absolute Gasteiger partial charge is 0.370 e. The van der Waals surface area contributed by atoms with E-state index in [9.17, 15) is 4.79 Å². The van der Waals surface area contributed by atoms with Crippen molar-refractivity contribution in [2.75, 3.05) is 0 Å². The molecule has 3 nitrogen and oxygen atoms in total. The molecule has 1 fully saturated rings. The molecule has 1 unspecified atom stereocenters. The Bertz CT molecular complexity index is 372. The van der Waals surface area contributed by atoms with Crippen molar-refractivity contribution in [2.45, 2.75) is 31.2 Å². The Morgan fingerprint density at radius 3 is 2.67 bits per heavy atom. The van der Waals surface area contributed by atoms with Gasteiger partial charge in [0.15, 0.2) is 0 Å². The number of carbonyl (C=O) groups is 1. The van der Waals surface area contributed by atoms with Gasteiger partial charge in [-0.25, -0.2) is 0 Å². The molecule has 0 heterocycles. The van der Waals surface area contributed by atoms with Gasteiger partial charge >= 0.3 is 0 Å². The molecule has 1 aliphatic rings. The van der Waals surface area contributed by atoms with Crippen LogP contribution >= 0.6 is 0 Å². The molecule has 3 heteroatoms. The predicted molar refractivity (Wildman–Crippen MR) is 59.2 cm³/mol. The summed E-state index contributed by atoms with van der Waals surface area (Å²) in [5, 5.41) is 0. The standard InChI is InChI=1S/C12H16N2O/c13-11(7-12(14)15)10-4-2-1-3-9(10)8-5-6-8/h1-4,8,11H,5-7,13H2,(H2,14,15). The topological polar surface area (TPSA) is 69.1 Å². The van der Waals surface area contributed by atoms with Crippen LogP contribution in [0, 0.1) is 0 Å². The van der Waals surface area contributed by atoms with Crippen molar-refractivity contribution in [3.05, 3.63) is 35.4 Å². The summed E-state index contributed by atoms with van der Waals surface area (Å²) >= 11 is 0. The first-order valence-corrected chi connectivity index (χ1v) is 5.31. The molecule has 1 aromatic carbocycles. The molecule has 0 spiro atoms. The lowest BCUT2D eigenvalue weighted by molar-refractivity contribution is -0.118. The molecular weight excluding hydrogens is 188 g/mol. The third-order valence-corrected chi connectivity index (χ3v) is 2.83. The fourth-order valence-electron chi connectivity index (χ4n) is 1.94. The molecule has 1 aliphatic carbocycles. The van der Waals surface area contributed by atoms with E-state index in [0.29, 0.717) is 5.92 Å². The Hall–Kier alpha value is -1.35. The molecule has 1 aromatic rings.